The molecule has 0 unspecified atom stereocenters. The molecule has 0 radical (unpaired) electrons. The smallest absolute Gasteiger partial charge is 0.338 e. The summed E-state index contributed by atoms with van der Waals surface area (Å²) >= 11 is 3.35. The molecule has 0 aromatic heterocycles. The summed E-state index contributed by atoms with van der Waals surface area (Å²) in [5.41, 5.74) is 6.73. The minimum atomic E-state index is -0.302. The topological polar surface area (TPSA) is 89.5 Å². The molecule has 10 heteroatoms. The number of benzene rings is 4. The van der Waals surface area contributed by atoms with Crippen LogP contribution in [0.15, 0.2) is 92.4 Å². The van der Waals surface area contributed by atoms with Gasteiger partial charge in [-0.3, -0.25) is 0 Å². The SMILES string of the molecule is O=C(OC1CCCCC1)c1ccc2c(c1)/C1=C3/c4cc(ccc4Sc4ccc(C(=O)OC5CCCCC5)cc43)OCCOCCOCCOc3ccc(c1c3)S2. The van der Waals surface area contributed by atoms with E-state index >= 15 is 0 Å². The van der Waals surface area contributed by atoms with Crippen molar-refractivity contribution in [1.29, 1.82) is 0 Å². The first-order chi connectivity index (χ1) is 27.6. The number of ether oxygens (including phenoxy) is 6. The highest BCUT2D eigenvalue weighted by Gasteiger charge is 2.33. The van der Waals surface area contributed by atoms with Crippen molar-refractivity contribution in [3.8, 4) is 11.5 Å². The maximum atomic E-state index is 13.8. The van der Waals surface area contributed by atoms with Crippen LogP contribution in [0.5, 0.6) is 11.5 Å². The van der Waals surface area contributed by atoms with E-state index in [0.717, 1.165) is 104 Å². The van der Waals surface area contributed by atoms with Crippen LogP contribution in [0.4, 0.5) is 0 Å². The van der Waals surface area contributed by atoms with E-state index in [-0.39, 0.29) is 24.1 Å². The van der Waals surface area contributed by atoms with E-state index in [1.165, 1.54) is 12.8 Å². The molecule has 8 nitrogen and oxygen atoms in total. The van der Waals surface area contributed by atoms with E-state index in [1.807, 2.05) is 48.5 Å². The van der Waals surface area contributed by atoms with Gasteiger partial charge in [0.2, 0.25) is 0 Å². The van der Waals surface area contributed by atoms with Crippen LogP contribution in [-0.4, -0.2) is 63.8 Å². The van der Waals surface area contributed by atoms with Gasteiger partial charge in [0.15, 0.2) is 0 Å². The molecule has 3 aliphatic heterocycles. The molecule has 0 atom stereocenters. The Balaban J connectivity index is 1.24. The molecule has 0 amide bonds. The number of fused-ring (bicyclic) bond motifs is 6. The molecule has 4 aromatic carbocycles. The normalized spacial score (nSPS) is 20.2. The third kappa shape index (κ3) is 8.12. The van der Waals surface area contributed by atoms with Crippen molar-refractivity contribution in [2.75, 3.05) is 39.6 Å². The van der Waals surface area contributed by atoms with E-state index in [1.54, 1.807) is 23.5 Å². The van der Waals surface area contributed by atoms with Crippen LogP contribution in [0.25, 0.3) is 11.1 Å². The Morgan fingerprint density at radius 2 is 0.839 bits per heavy atom. The quantitative estimate of drug-likeness (QED) is 0.161. The van der Waals surface area contributed by atoms with E-state index in [2.05, 4.69) is 24.3 Å². The zero-order valence-corrected chi connectivity index (χ0v) is 33.1. The molecule has 2 aliphatic carbocycles. The molecule has 0 spiro atoms. The monoisotopic (exact) mass is 790 g/mol. The third-order valence-electron chi connectivity index (χ3n) is 11.1. The van der Waals surface area contributed by atoms with E-state index in [9.17, 15) is 9.59 Å². The van der Waals surface area contributed by atoms with Gasteiger partial charge in [0.1, 0.15) is 36.9 Å². The minimum absolute atomic E-state index is 0.0611. The minimum Gasteiger partial charge on any atom is -0.491 e. The molecule has 0 saturated heterocycles. The molecule has 5 aliphatic rings. The van der Waals surface area contributed by atoms with E-state index in [0.29, 0.717) is 62.3 Å². The summed E-state index contributed by atoms with van der Waals surface area (Å²) in [6, 6.07) is 24.2. The van der Waals surface area contributed by atoms with Gasteiger partial charge in [0.05, 0.1) is 37.6 Å². The highest BCUT2D eigenvalue weighted by Crippen LogP contribution is 2.55. The van der Waals surface area contributed by atoms with Crippen LogP contribution in [0.2, 0.25) is 0 Å². The van der Waals surface area contributed by atoms with E-state index < -0.39 is 0 Å². The molecule has 2 fully saturated rings. The Morgan fingerprint density at radius 1 is 0.464 bits per heavy atom. The molecule has 0 N–H and O–H groups in total. The Hall–Kier alpha value is -4.22. The van der Waals surface area contributed by atoms with Crippen molar-refractivity contribution >= 4 is 46.6 Å². The van der Waals surface area contributed by atoms with E-state index in [4.69, 9.17) is 28.4 Å². The van der Waals surface area contributed by atoms with Crippen molar-refractivity contribution in [3.63, 3.8) is 0 Å². The van der Waals surface area contributed by atoms with Gasteiger partial charge in [-0.25, -0.2) is 9.59 Å². The van der Waals surface area contributed by atoms with Gasteiger partial charge in [-0.1, -0.05) is 36.4 Å². The fraction of sp³-hybridized carbons (Fsp3) is 0.391. The predicted octanol–water partition coefficient (Wildman–Crippen LogP) is 10.4. The fourth-order valence-electron chi connectivity index (χ4n) is 8.28. The molecular formula is C46H46O8S2. The van der Waals surface area contributed by atoms with Crippen LogP contribution in [0, 0.1) is 0 Å². The number of carbonyl (C=O) groups excluding carboxylic acids is 2. The van der Waals surface area contributed by atoms with Crippen molar-refractivity contribution in [2.45, 2.75) is 96.0 Å². The van der Waals surface area contributed by atoms with Crippen LogP contribution in [0.3, 0.4) is 0 Å². The molecule has 290 valence electrons. The first kappa shape index (κ1) is 37.4. The predicted molar refractivity (Wildman–Crippen MR) is 216 cm³/mol. The number of hydrogen-bond donors (Lipinski definition) is 0. The molecule has 4 bridgehead atoms. The number of esters is 2. The first-order valence-corrected chi connectivity index (χ1v) is 21.7. The van der Waals surface area contributed by atoms with Crippen molar-refractivity contribution in [2.24, 2.45) is 0 Å². The van der Waals surface area contributed by atoms with Crippen molar-refractivity contribution in [1.82, 2.24) is 0 Å². The van der Waals surface area contributed by atoms with Gasteiger partial charge >= 0.3 is 11.9 Å². The lowest BCUT2D eigenvalue weighted by Crippen LogP contribution is -2.21. The second-order valence-electron chi connectivity index (χ2n) is 14.9. The molecule has 3 heterocycles. The average molecular weight is 791 g/mol. The van der Waals surface area contributed by atoms with Crippen LogP contribution < -0.4 is 9.47 Å². The second kappa shape index (κ2) is 17.1. The summed E-state index contributed by atoms with van der Waals surface area (Å²) in [6.45, 7) is 2.54. The Labute approximate surface area is 336 Å². The lowest BCUT2D eigenvalue weighted by Gasteiger charge is -2.30. The summed E-state index contributed by atoms with van der Waals surface area (Å²) in [7, 11) is 0. The highest BCUT2D eigenvalue weighted by atomic mass is 32.2. The highest BCUT2D eigenvalue weighted by molar-refractivity contribution is 8.00. The molecule has 4 aromatic rings. The Bertz CT molecular complexity index is 2000. The van der Waals surface area contributed by atoms with Gasteiger partial charge < -0.3 is 28.4 Å². The second-order valence-corrected chi connectivity index (χ2v) is 17.1. The zero-order chi connectivity index (χ0) is 37.8. The van der Waals surface area contributed by atoms with Gasteiger partial charge in [-0.05, 0) is 146 Å². The zero-order valence-electron chi connectivity index (χ0n) is 31.5. The lowest BCUT2D eigenvalue weighted by atomic mass is 9.84. The standard InChI is InChI=1S/C46H46O8S2/c47-45(53-31-7-3-1-4-8-31)29-11-15-39-35(25-29)43-37-27-33(13-17-41(37)55-39)51-23-21-49-19-20-50-22-24-52-34-14-18-42-38(28-34)44(43)36-26-30(12-16-40(36)56-42)46(48)54-32-9-5-2-6-10-32/h11-18,25-28,31-32H,1-10,19-24H2/b44-43-. The number of hydrogen-bond acceptors (Lipinski definition) is 10. The fourth-order valence-corrected chi connectivity index (χ4v) is 10.4. The summed E-state index contributed by atoms with van der Waals surface area (Å²) < 4.78 is 36.3. The van der Waals surface area contributed by atoms with Crippen LogP contribution in [-0.2, 0) is 18.9 Å². The molecular weight excluding hydrogens is 745 g/mol. The average Bonchev–Trinajstić information content (AvgIpc) is 3.23. The number of carbonyl (C=O) groups is 2. The summed E-state index contributed by atoms with van der Waals surface area (Å²) in [5, 5.41) is 0. The Morgan fingerprint density at radius 3 is 1.27 bits per heavy atom. The molecule has 56 heavy (non-hydrogen) atoms. The van der Waals surface area contributed by atoms with Gasteiger partial charge in [0.25, 0.3) is 0 Å². The van der Waals surface area contributed by atoms with Crippen LogP contribution >= 0.6 is 23.5 Å². The first-order valence-electron chi connectivity index (χ1n) is 20.1. The largest absolute Gasteiger partial charge is 0.491 e. The third-order valence-corrected chi connectivity index (χ3v) is 13.4. The molecule has 2 saturated carbocycles. The maximum absolute atomic E-state index is 13.8. The Kier molecular flexibility index (Phi) is 11.4. The summed E-state index contributed by atoms with van der Waals surface area (Å²) in [4.78, 5) is 31.8. The van der Waals surface area contributed by atoms with Gasteiger partial charge in [0, 0.05) is 30.7 Å². The van der Waals surface area contributed by atoms with Gasteiger partial charge in [-0.15, -0.1) is 0 Å². The number of rotatable bonds is 4. The van der Waals surface area contributed by atoms with Crippen molar-refractivity contribution < 1.29 is 38.0 Å². The summed E-state index contributed by atoms with van der Waals surface area (Å²) in [5.74, 6) is 0.826. The van der Waals surface area contributed by atoms with Gasteiger partial charge in [-0.2, -0.15) is 0 Å². The van der Waals surface area contributed by atoms with Crippen LogP contribution in [0.1, 0.15) is 107 Å². The van der Waals surface area contributed by atoms with Crippen molar-refractivity contribution in [3.05, 3.63) is 106 Å². The molecule has 9 rings (SSSR count). The summed E-state index contributed by atoms with van der Waals surface area (Å²) in [6.07, 6.45) is 10.1. The lowest BCUT2D eigenvalue weighted by molar-refractivity contribution is 0.0202. The maximum Gasteiger partial charge on any atom is 0.338 e.